The van der Waals surface area contributed by atoms with Crippen molar-refractivity contribution in [2.45, 2.75) is 63.3 Å². The molecule has 2 nitrogen and oxygen atoms in total. The summed E-state index contributed by atoms with van der Waals surface area (Å²) in [6, 6.07) is 8.95. The number of hydrogen-bond donors (Lipinski definition) is 0. The molecule has 0 amide bonds. The Labute approximate surface area is 195 Å². The van der Waals surface area contributed by atoms with Crippen molar-refractivity contribution in [3.63, 3.8) is 0 Å². The number of hydrogen-bond acceptors (Lipinski definition) is 2. The summed E-state index contributed by atoms with van der Waals surface area (Å²) in [6.07, 6.45) is -0.225. The van der Waals surface area contributed by atoms with E-state index in [1.165, 1.54) is 18.2 Å². The van der Waals surface area contributed by atoms with Gasteiger partial charge in [0.25, 0.3) is 0 Å². The van der Waals surface area contributed by atoms with Crippen LogP contribution < -0.4 is 4.74 Å². The van der Waals surface area contributed by atoms with E-state index in [1.807, 2.05) is 6.08 Å². The zero-order valence-electron chi connectivity index (χ0n) is 18.7. The van der Waals surface area contributed by atoms with Gasteiger partial charge in [0, 0.05) is 0 Å². The van der Waals surface area contributed by atoms with Gasteiger partial charge >= 0.3 is 12.5 Å². The molecule has 0 atom stereocenters. The second-order valence-electron chi connectivity index (χ2n) is 8.63. The van der Waals surface area contributed by atoms with Crippen LogP contribution in [0.25, 0.3) is 0 Å². The minimum Gasteiger partial charge on any atom is -0.403 e. The molecule has 1 fully saturated rings. The molecule has 0 spiro atoms. The predicted octanol–water partition coefficient (Wildman–Crippen LogP) is 8.27. The number of alkyl halides is 5. The van der Waals surface area contributed by atoms with Crippen LogP contribution in [0.4, 0.5) is 26.3 Å². The molecule has 0 bridgehead atoms. The second-order valence-corrected chi connectivity index (χ2v) is 8.63. The maximum atomic E-state index is 14.5. The smallest absolute Gasteiger partial charge is 0.403 e. The molecule has 0 heterocycles. The SMILES string of the molecule is C=CCCC1CCC(c2ccc(C(F)(F)OCCc3ccc(OC(F)(F)F)c(F)c3)cc2)CC1. The van der Waals surface area contributed by atoms with E-state index in [9.17, 15) is 26.3 Å². The van der Waals surface area contributed by atoms with Gasteiger partial charge in [0.15, 0.2) is 11.6 Å². The third-order valence-corrected chi connectivity index (χ3v) is 6.24. The number of allylic oxidation sites excluding steroid dienone is 1. The van der Waals surface area contributed by atoms with E-state index in [0.29, 0.717) is 11.8 Å². The molecule has 3 rings (SSSR count). The highest BCUT2D eigenvalue weighted by atomic mass is 19.4. The molecule has 0 N–H and O–H groups in total. The van der Waals surface area contributed by atoms with Crippen LogP contribution >= 0.6 is 0 Å². The maximum absolute atomic E-state index is 14.5. The molecule has 0 aromatic heterocycles. The monoisotopic (exact) mass is 486 g/mol. The van der Waals surface area contributed by atoms with E-state index in [-0.39, 0.29) is 17.5 Å². The zero-order valence-corrected chi connectivity index (χ0v) is 18.7. The average molecular weight is 486 g/mol. The summed E-state index contributed by atoms with van der Waals surface area (Å²) in [5.74, 6) is -1.14. The van der Waals surface area contributed by atoms with Crippen molar-refractivity contribution in [2.24, 2.45) is 5.92 Å². The van der Waals surface area contributed by atoms with Crippen LogP contribution in [0.5, 0.6) is 5.75 Å². The van der Waals surface area contributed by atoms with Gasteiger partial charge in [0.1, 0.15) is 0 Å². The molecule has 0 radical (unpaired) electrons. The van der Waals surface area contributed by atoms with Crippen LogP contribution in [0, 0.1) is 11.7 Å². The van der Waals surface area contributed by atoms with E-state index < -0.39 is 30.6 Å². The molecule has 8 heteroatoms. The molecule has 1 aliphatic rings. The highest BCUT2D eigenvalue weighted by Gasteiger charge is 2.34. The number of rotatable bonds is 10. The molecule has 0 saturated heterocycles. The summed E-state index contributed by atoms with van der Waals surface area (Å²) in [6.45, 7) is 3.32. The summed E-state index contributed by atoms with van der Waals surface area (Å²) in [5, 5.41) is 0. The van der Waals surface area contributed by atoms with Gasteiger partial charge in [0.05, 0.1) is 12.2 Å². The molecular weight excluding hydrogens is 458 g/mol. The molecule has 0 unspecified atom stereocenters. The summed E-state index contributed by atoms with van der Waals surface area (Å²) in [7, 11) is 0. The van der Waals surface area contributed by atoms with Gasteiger partial charge in [-0.15, -0.1) is 19.8 Å². The van der Waals surface area contributed by atoms with Crippen molar-refractivity contribution in [3.05, 3.63) is 77.6 Å². The Morgan fingerprint density at radius 3 is 2.21 bits per heavy atom. The quantitative estimate of drug-likeness (QED) is 0.249. The fourth-order valence-corrected chi connectivity index (χ4v) is 4.38. The summed E-state index contributed by atoms with van der Waals surface area (Å²) in [5.41, 5.74) is 0.969. The standard InChI is InChI=1S/C26H28F6O2/c1-2-3-4-18-5-8-20(9-6-18)21-10-12-22(13-11-21)25(28,29)33-16-15-19-7-14-24(23(27)17-19)34-26(30,31)32/h2,7,10-14,17-18,20H,1,3-6,8-9,15-16H2. The number of benzene rings is 2. The van der Waals surface area contributed by atoms with Gasteiger partial charge in [-0.05, 0) is 80.0 Å². The summed E-state index contributed by atoms with van der Waals surface area (Å²) >= 11 is 0. The van der Waals surface area contributed by atoms with Crippen LogP contribution in [0.1, 0.15) is 61.1 Å². The normalized spacial score (nSPS) is 19.1. The fraction of sp³-hybridized carbons (Fsp3) is 0.462. The first-order chi connectivity index (χ1) is 16.1. The lowest BCUT2D eigenvalue weighted by atomic mass is 9.77. The highest BCUT2D eigenvalue weighted by Crippen LogP contribution is 2.38. The zero-order chi connectivity index (χ0) is 24.8. The van der Waals surface area contributed by atoms with Crippen LogP contribution in [0.3, 0.4) is 0 Å². The van der Waals surface area contributed by atoms with Crippen molar-refractivity contribution in [3.8, 4) is 5.75 Å². The van der Waals surface area contributed by atoms with Crippen molar-refractivity contribution in [2.75, 3.05) is 6.61 Å². The molecule has 186 valence electrons. The Balaban J connectivity index is 1.50. The van der Waals surface area contributed by atoms with Crippen LogP contribution in [-0.2, 0) is 17.3 Å². The largest absolute Gasteiger partial charge is 0.573 e. The fourth-order valence-electron chi connectivity index (χ4n) is 4.38. The molecule has 2 aromatic carbocycles. The topological polar surface area (TPSA) is 18.5 Å². The maximum Gasteiger partial charge on any atom is 0.573 e. The van der Waals surface area contributed by atoms with E-state index in [0.717, 1.165) is 56.2 Å². The molecule has 0 aliphatic heterocycles. The van der Waals surface area contributed by atoms with Crippen LogP contribution in [0.15, 0.2) is 55.1 Å². The lowest BCUT2D eigenvalue weighted by Crippen LogP contribution is -2.20. The Morgan fingerprint density at radius 2 is 1.62 bits per heavy atom. The molecule has 2 aromatic rings. The number of ether oxygens (including phenoxy) is 2. The minimum absolute atomic E-state index is 0.105. The predicted molar refractivity (Wildman–Crippen MR) is 117 cm³/mol. The van der Waals surface area contributed by atoms with E-state index in [4.69, 9.17) is 4.74 Å². The van der Waals surface area contributed by atoms with Crippen molar-refractivity contribution in [1.82, 2.24) is 0 Å². The minimum atomic E-state index is -5.02. The lowest BCUT2D eigenvalue weighted by molar-refractivity contribution is -0.275. The van der Waals surface area contributed by atoms with E-state index in [1.54, 1.807) is 12.1 Å². The first-order valence-corrected chi connectivity index (χ1v) is 11.3. The van der Waals surface area contributed by atoms with Gasteiger partial charge in [-0.2, -0.15) is 8.78 Å². The molecule has 34 heavy (non-hydrogen) atoms. The van der Waals surface area contributed by atoms with Gasteiger partial charge in [-0.25, -0.2) is 4.39 Å². The lowest BCUT2D eigenvalue weighted by Gasteiger charge is -2.29. The van der Waals surface area contributed by atoms with Gasteiger partial charge < -0.3 is 9.47 Å². The Kier molecular flexibility index (Phi) is 8.68. The molecule has 1 saturated carbocycles. The Hall–Kier alpha value is -2.48. The number of halogens is 6. The summed E-state index contributed by atoms with van der Waals surface area (Å²) in [4.78, 5) is 0. The van der Waals surface area contributed by atoms with Gasteiger partial charge in [-0.3, -0.25) is 0 Å². The van der Waals surface area contributed by atoms with Crippen LogP contribution in [0.2, 0.25) is 0 Å². The highest BCUT2D eigenvalue weighted by molar-refractivity contribution is 5.30. The summed E-state index contributed by atoms with van der Waals surface area (Å²) < 4.78 is 87.6. The van der Waals surface area contributed by atoms with E-state index >= 15 is 0 Å². The van der Waals surface area contributed by atoms with Gasteiger partial charge in [0.2, 0.25) is 0 Å². The third kappa shape index (κ3) is 7.52. The Bertz CT molecular complexity index is 931. The third-order valence-electron chi connectivity index (χ3n) is 6.24. The van der Waals surface area contributed by atoms with Crippen LogP contribution in [-0.4, -0.2) is 13.0 Å². The second kappa shape index (κ2) is 11.3. The molecule has 1 aliphatic carbocycles. The average Bonchev–Trinajstić information content (AvgIpc) is 2.79. The van der Waals surface area contributed by atoms with E-state index in [2.05, 4.69) is 11.3 Å². The molecular formula is C26H28F6O2. The van der Waals surface area contributed by atoms with Gasteiger partial charge in [-0.1, -0.05) is 36.4 Å². The van der Waals surface area contributed by atoms with Crippen molar-refractivity contribution in [1.29, 1.82) is 0 Å². The first-order valence-electron chi connectivity index (χ1n) is 11.3. The Morgan fingerprint density at radius 1 is 0.941 bits per heavy atom. The van der Waals surface area contributed by atoms with Crippen molar-refractivity contribution < 1.29 is 35.8 Å². The first kappa shape index (κ1) is 26.1. The van der Waals surface area contributed by atoms with Crippen molar-refractivity contribution >= 4 is 0 Å².